The van der Waals surface area contributed by atoms with Crippen molar-refractivity contribution in [2.75, 3.05) is 12.0 Å². The summed E-state index contributed by atoms with van der Waals surface area (Å²) >= 11 is 0. The van der Waals surface area contributed by atoms with E-state index in [0.29, 0.717) is 22.4 Å². The van der Waals surface area contributed by atoms with E-state index < -0.39 is 0 Å². The van der Waals surface area contributed by atoms with Crippen molar-refractivity contribution in [2.24, 2.45) is 5.92 Å². The van der Waals surface area contributed by atoms with Crippen molar-refractivity contribution >= 4 is 16.8 Å². The molecule has 1 saturated carbocycles. The standard InChI is InChI=1S/C19H17N3O3/c23-18(14-7-9-15(10-8-14)25-11-13-5-6-13)21-22-12-20-17-4-2-1-3-16(17)19(22)24/h1-4,7-10,12-13H,5-6,11H2,(H,21,23). The Morgan fingerprint density at radius 2 is 1.92 bits per heavy atom. The molecular weight excluding hydrogens is 318 g/mol. The fourth-order valence-electron chi connectivity index (χ4n) is 2.52. The lowest BCUT2D eigenvalue weighted by molar-refractivity contribution is 0.101. The lowest BCUT2D eigenvalue weighted by Crippen LogP contribution is -2.33. The molecule has 1 aliphatic carbocycles. The summed E-state index contributed by atoms with van der Waals surface area (Å²) in [4.78, 5) is 28.9. The minimum absolute atomic E-state index is 0.316. The molecule has 1 aromatic heterocycles. The highest BCUT2D eigenvalue weighted by atomic mass is 16.5. The second-order valence-corrected chi connectivity index (χ2v) is 6.16. The van der Waals surface area contributed by atoms with E-state index in [1.807, 2.05) is 6.07 Å². The number of para-hydroxylation sites is 1. The maximum atomic E-state index is 12.4. The maximum Gasteiger partial charge on any atom is 0.280 e. The average molecular weight is 335 g/mol. The van der Waals surface area contributed by atoms with Crippen LogP contribution in [0.3, 0.4) is 0 Å². The van der Waals surface area contributed by atoms with Gasteiger partial charge in [-0.3, -0.25) is 15.0 Å². The highest BCUT2D eigenvalue weighted by Gasteiger charge is 2.21. The van der Waals surface area contributed by atoms with Crippen LogP contribution in [0.2, 0.25) is 0 Å². The fraction of sp³-hybridized carbons (Fsp3) is 0.211. The van der Waals surface area contributed by atoms with E-state index in [0.717, 1.165) is 17.0 Å². The van der Waals surface area contributed by atoms with Gasteiger partial charge in [0.1, 0.15) is 12.1 Å². The summed E-state index contributed by atoms with van der Waals surface area (Å²) in [5.41, 5.74) is 3.28. The molecule has 0 radical (unpaired) electrons. The van der Waals surface area contributed by atoms with Crippen LogP contribution in [-0.4, -0.2) is 22.2 Å². The van der Waals surface area contributed by atoms with E-state index >= 15 is 0 Å². The molecule has 126 valence electrons. The van der Waals surface area contributed by atoms with Gasteiger partial charge in [0.2, 0.25) is 0 Å². The molecule has 0 spiro atoms. The molecule has 1 aliphatic rings. The zero-order chi connectivity index (χ0) is 17.2. The monoisotopic (exact) mass is 335 g/mol. The molecule has 4 rings (SSSR count). The number of hydrogen-bond donors (Lipinski definition) is 1. The molecule has 0 bridgehead atoms. The molecule has 1 N–H and O–H groups in total. The number of carbonyl (C=O) groups is 1. The van der Waals surface area contributed by atoms with E-state index in [1.54, 1.807) is 42.5 Å². The third kappa shape index (κ3) is 3.38. The molecule has 0 unspecified atom stereocenters. The van der Waals surface area contributed by atoms with Crippen molar-refractivity contribution in [3.63, 3.8) is 0 Å². The zero-order valence-electron chi connectivity index (χ0n) is 13.5. The summed E-state index contributed by atoms with van der Waals surface area (Å²) in [7, 11) is 0. The van der Waals surface area contributed by atoms with E-state index in [-0.39, 0.29) is 11.5 Å². The minimum Gasteiger partial charge on any atom is -0.493 e. The number of hydrogen-bond acceptors (Lipinski definition) is 4. The molecule has 2 aromatic carbocycles. The first-order valence-corrected chi connectivity index (χ1v) is 8.21. The molecular formula is C19H17N3O3. The van der Waals surface area contributed by atoms with Gasteiger partial charge in [-0.2, -0.15) is 0 Å². The number of amides is 1. The normalized spacial score (nSPS) is 13.6. The van der Waals surface area contributed by atoms with Crippen LogP contribution in [-0.2, 0) is 0 Å². The minimum atomic E-state index is -0.382. The highest BCUT2D eigenvalue weighted by Crippen LogP contribution is 2.29. The molecule has 6 nitrogen and oxygen atoms in total. The molecule has 1 amide bonds. The van der Waals surface area contributed by atoms with Gasteiger partial charge < -0.3 is 4.74 Å². The Bertz CT molecular complexity index is 975. The van der Waals surface area contributed by atoms with E-state index in [4.69, 9.17) is 4.74 Å². The van der Waals surface area contributed by atoms with E-state index in [1.165, 1.54) is 19.2 Å². The SMILES string of the molecule is O=C(Nn1cnc2ccccc2c1=O)c1ccc(OCC2CC2)cc1. The number of nitrogens with one attached hydrogen (secondary N) is 1. The molecule has 6 heteroatoms. The second-order valence-electron chi connectivity index (χ2n) is 6.16. The number of rotatable bonds is 5. The number of aromatic nitrogens is 2. The van der Waals surface area contributed by atoms with Crippen molar-refractivity contribution in [1.82, 2.24) is 9.66 Å². The van der Waals surface area contributed by atoms with Gasteiger partial charge in [0.15, 0.2) is 0 Å². The number of ether oxygens (including phenoxy) is 1. The average Bonchev–Trinajstić information content (AvgIpc) is 3.47. The lowest BCUT2D eigenvalue weighted by Gasteiger charge is -2.09. The smallest absolute Gasteiger partial charge is 0.280 e. The first kappa shape index (κ1) is 15.4. The van der Waals surface area contributed by atoms with Gasteiger partial charge in [0, 0.05) is 5.56 Å². The van der Waals surface area contributed by atoms with Gasteiger partial charge >= 0.3 is 0 Å². The Labute approximate surface area is 144 Å². The van der Waals surface area contributed by atoms with Crippen LogP contribution < -0.4 is 15.7 Å². The van der Waals surface area contributed by atoms with Crippen LogP contribution in [0.15, 0.2) is 59.7 Å². The number of benzene rings is 2. The third-order valence-corrected chi connectivity index (χ3v) is 4.19. The van der Waals surface area contributed by atoms with Gasteiger partial charge in [-0.25, -0.2) is 9.66 Å². The van der Waals surface area contributed by atoms with Crippen molar-refractivity contribution in [2.45, 2.75) is 12.8 Å². The van der Waals surface area contributed by atoms with Gasteiger partial charge in [0.05, 0.1) is 17.5 Å². The Kier molecular flexibility index (Phi) is 3.93. The molecule has 0 aliphatic heterocycles. The molecule has 0 saturated heterocycles. The van der Waals surface area contributed by atoms with Crippen molar-refractivity contribution in [3.05, 3.63) is 70.8 Å². The third-order valence-electron chi connectivity index (χ3n) is 4.19. The predicted molar refractivity (Wildman–Crippen MR) is 94.4 cm³/mol. The van der Waals surface area contributed by atoms with Gasteiger partial charge in [-0.1, -0.05) is 12.1 Å². The van der Waals surface area contributed by atoms with Crippen molar-refractivity contribution in [3.8, 4) is 5.75 Å². The fourth-order valence-corrected chi connectivity index (χ4v) is 2.52. The van der Waals surface area contributed by atoms with Gasteiger partial charge in [-0.15, -0.1) is 0 Å². The Morgan fingerprint density at radius 3 is 2.68 bits per heavy atom. The maximum absolute atomic E-state index is 12.4. The van der Waals surface area contributed by atoms with Crippen LogP contribution in [0.5, 0.6) is 5.75 Å². The van der Waals surface area contributed by atoms with E-state index in [9.17, 15) is 9.59 Å². The first-order chi connectivity index (χ1) is 12.2. The zero-order valence-corrected chi connectivity index (χ0v) is 13.5. The topological polar surface area (TPSA) is 73.2 Å². The number of carbonyl (C=O) groups excluding carboxylic acids is 1. The van der Waals surface area contributed by atoms with Crippen LogP contribution in [0.4, 0.5) is 0 Å². The van der Waals surface area contributed by atoms with Crippen molar-refractivity contribution in [1.29, 1.82) is 0 Å². The summed E-state index contributed by atoms with van der Waals surface area (Å²) < 4.78 is 6.75. The summed E-state index contributed by atoms with van der Waals surface area (Å²) in [6, 6.07) is 13.9. The van der Waals surface area contributed by atoms with E-state index in [2.05, 4.69) is 10.4 Å². The summed E-state index contributed by atoms with van der Waals surface area (Å²) in [5.74, 6) is 1.04. The Balaban J connectivity index is 1.49. The summed E-state index contributed by atoms with van der Waals surface area (Å²) in [6.07, 6.45) is 3.78. The number of fused-ring (bicyclic) bond motifs is 1. The molecule has 0 atom stereocenters. The van der Waals surface area contributed by atoms with Gasteiger partial charge in [-0.05, 0) is 55.2 Å². The van der Waals surface area contributed by atoms with Crippen molar-refractivity contribution < 1.29 is 9.53 Å². The predicted octanol–water partition coefficient (Wildman–Crippen LogP) is 2.57. The van der Waals surface area contributed by atoms with Crippen LogP contribution in [0, 0.1) is 5.92 Å². The number of nitrogens with zero attached hydrogens (tertiary/aromatic N) is 2. The van der Waals surface area contributed by atoms with Crippen LogP contribution in [0.1, 0.15) is 23.2 Å². The molecule has 25 heavy (non-hydrogen) atoms. The largest absolute Gasteiger partial charge is 0.493 e. The summed E-state index contributed by atoms with van der Waals surface area (Å²) in [6.45, 7) is 0.726. The second kappa shape index (κ2) is 6.39. The highest BCUT2D eigenvalue weighted by molar-refractivity contribution is 6.00. The van der Waals surface area contributed by atoms with Crippen LogP contribution in [0.25, 0.3) is 10.9 Å². The Hall–Kier alpha value is -3.15. The summed E-state index contributed by atoms with van der Waals surface area (Å²) in [5, 5.41) is 0.453. The molecule has 1 heterocycles. The lowest BCUT2D eigenvalue weighted by atomic mass is 10.2. The molecule has 1 fully saturated rings. The quantitative estimate of drug-likeness (QED) is 0.778. The molecule has 3 aromatic rings. The van der Waals surface area contributed by atoms with Crippen LogP contribution >= 0.6 is 0 Å². The Morgan fingerprint density at radius 1 is 1.16 bits per heavy atom. The first-order valence-electron chi connectivity index (χ1n) is 8.21. The van der Waals surface area contributed by atoms with Gasteiger partial charge in [0.25, 0.3) is 11.5 Å².